The van der Waals surface area contributed by atoms with Gasteiger partial charge in [0.15, 0.2) is 9.84 Å². The van der Waals surface area contributed by atoms with Crippen molar-refractivity contribution in [2.24, 2.45) is 13.0 Å². The fourth-order valence-corrected chi connectivity index (χ4v) is 6.78. The summed E-state index contributed by atoms with van der Waals surface area (Å²) in [5, 5.41) is 7.78. The molecule has 4 aromatic heterocycles. The number of benzene rings is 1. The van der Waals surface area contributed by atoms with E-state index in [0.29, 0.717) is 11.1 Å². The second-order valence-electron chi connectivity index (χ2n) is 10.4. The van der Waals surface area contributed by atoms with Crippen molar-refractivity contribution in [2.45, 2.75) is 49.4 Å². The Hall–Kier alpha value is -3.93. The molecule has 0 saturated heterocycles. The third kappa shape index (κ3) is 4.30. The van der Waals surface area contributed by atoms with Gasteiger partial charge in [-0.15, -0.1) is 5.10 Å². The second kappa shape index (κ2) is 9.33. The number of halogens is 2. The fourth-order valence-electron chi connectivity index (χ4n) is 5.95. The van der Waals surface area contributed by atoms with Gasteiger partial charge in [0.05, 0.1) is 33.8 Å². The summed E-state index contributed by atoms with van der Waals surface area (Å²) in [5.41, 5.74) is 1.08. The number of rotatable bonds is 5. The second-order valence-corrected chi connectivity index (χ2v) is 12.4. The molecule has 1 aliphatic rings. The average Bonchev–Trinajstić information content (AvgIpc) is 3.48. The number of aromatic nitrogens is 6. The van der Waals surface area contributed by atoms with Gasteiger partial charge in [-0.2, -0.15) is 0 Å². The Balaban J connectivity index is 1.75. The zero-order valence-electron chi connectivity index (χ0n) is 24.7. The van der Waals surface area contributed by atoms with E-state index >= 15 is 0 Å². The van der Waals surface area contributed by atoms with Crippen LogP contribution in [-0.4, -0.2) is 50.1 Å². The molecule has 0 bridgehead atoms. The van der Waals surface area contributed by atoms with Crippen LogP contribution in [0.25, 0.3) is 33.2 Å². The summed E-state index contributed by atoms with van der Waals surface area (Å²) >= 11 is 0. The Bertz CT molecular complexity index is 2030. The van der Waals surface area contributed by atoms with E-state index in [0.717, 1.165) is 18.0 Å². The van der Waals surface area contributed by atoms with Gasteiger partial charge in [-0.1, -0.05) is 35.5 Å². The molecule has 1 aromatic carbocycles. The van der Waals surface area contributed by atoms with Crippen molar-refractivity contribution >= 4 is 31.8 Å². The van der Waals surface area contributed by atoms with Gasteiger partial charge in [-0.3, -0.25) is 9.78 Å². The summed E-state index contributed by atoms with van der Waals surface area (Å²) in [6, 6.07) is 10.1. The highest BCUT2D eigenvalue weighted by atomic mass is 32.2. The Labute approximate surface area is 233 Å². The number of nitrogens with one attached hydrogen (secondary N) is 1. The first-order valence-electron chi connectivity index (χ1n) is 14.3. The minimum Gasteiger partial charge on any atom is -0.330 e. The monoisotopic (exact) mass is 569 g/mol. The third-order valence-electron chi connectivity index (χ3n) is 7.76. The van der Waals surface area contributed by atoms with E-state index in [4.69, 9.17) is 4.11 Å². The fraction of sp³-hybridized carbons (Fsp3) is 0.357. The van der Waals surface area contributed by atoms with Gasteiger partial charge in [0, 0.05) is 48.2 Å². The van der Waals surface area contributed by atoms with Crippen LogP contribution in [0.4, 0.5) is 8.78 Å². The van der Waals surface area contributed by atoms with Crippen molar-refractivity contribution in [2.75, 3.05) is 6.26 Å². The van der Waals surface area contributed by atoms with Crippen LogP contribution in [0.3, 0.4) is 0 Å². The molecule has 5 aromatic rings. The van der Waals surface area contributed by atoms with Crippen LogP contribution in [0.5, 0.6) is 0 Å². The van der Waals surface area contributed by atoms with Crippen molar-refractivity contribution in [3.8, 4) is 11.3 Å². The first kappa shape index (κ1) is 22.8. The van der Waals surface area contributed by atoms with E-state index in [1.165, 1.54) is 10.9 Å². The van der Waals surface area contributed by atoms with E-state index < -0.39 is 34.2 Å². The highest BCUT2D eigenvalue weighted by Gasteiger charge is 2.40. The van der Waals surface area contributed by atoms with Crippen LogP contribution in [0, 0.1) is 12.8 Å². The molecule has 208 valence electrons. The number of fused-ring (bicyclic) bond motifs is 3. The summed E-state index contributed by atoms with van der Waals surface area (Å²) < 4.78 is 81.8. The number of nitrogens with zero attached hydrogens (tertiary/aromatic N) is 5. The summed E-state index contributed by atoms with van der Waals surface area (Å²) in [4.78, 5) is 20.3. The highest BCUT2D eigenvalue weighted by Crippen LogP contribution is 2.46. The SMILES string of the molecule is [2H]C([2H])([2H])c1nnn(C)c1-c1cnc2c3c(=O)[nH]cc(S(C)(=O)=O)c3n([C@H](c3ccccc3)C3CCC(F)(F)CC3)c2c1. The molecule has 12 heteroatoms. The van der Waals surface area contributed by atoms with Crippen molar-refractivity contribution in [1.29, 1.82) is 0 Å². The molecule has 1 atom stereocenters. The smallest absolute Gasteiger partial charge is 0.259 e. The molecule has 1 N–H and O–H groups in total. The molecule has 0 radical (unpaired) electrons. The predicted octanol–water partition coefficient (Wildman–Crippen LogP) is 4.80. The summed E-state index contributed by atoms with van der Waals surface area (Å²) in [7, 11) is -2.36. The van der Waals surface area contributed by atoms with Crippen LogP contribution in [0.1, 0.15) is 47.1 Å². The number of sulfone groups is 1. The Morgan fingerprint density at radius 3 is 2.60 bits per heavy atom. The largest absolute Gasteiger partial charge is 0.330 e. The van der Waals surface area contributed by atoms with Crippen LogP contribution in [0.2, 0.25) is 0 Å². The minimum absolute atomic E-state index is 0.0331. The molecule has 6 rings (SSSR count). The van der Waals surface area contributed by atoms with Gasteiger partial charge >= 0.3 is 0 Å². The third-order valence-corrected chi connectivity index (χ3v) is 8.87. The van der Waals surface area contributed by atoms with Gasteiger partial charge in [-0.25, -0.2) is 21.9 Å². The van der Waals surface area contributed by atoms with Gasteiger partial charge < -0.3 is 9.55 Å². The van der Waals surface area contributed by atoms with Crippen LogP contribution in [-0.2, 0) is 16.9 Å². The number of pyridine rings is 2. The van der Waals surface area contributed by atoms with E-state index in [9.17, 15) is 22.0 Å². The Morgan fingerprint density at radius 2 is 1.93 bits per heavy atom. The molecule has 1 fully saturated rings. The molecule has 0 aliphatic heterocycles. The van der Waals surface area contributed by atoms with Crippen molar-refractivity contribution in [1.82, 2.24) is 29.5 Å². The van der Waals surface area contributed by atoms with E-state index in [2.05, 4.69) is 20.3 Å². The molecule has 9 nitrogen and oxygen atoms in total. The van der Waals surface area contributed by atoms with Crippen molar-refractivity contribution < 1.29 is 21.3 Å². The molecule has 40 heavy (non-hydrogen) atoms. The lowest BCUT2D eigenvalue weighted by molar-refractivity contribution is -0.0493. The number of hydrogen-bond donors (Lipinski definition) is 1. The zero-order valence-corrected chi connectivity index (χ0v) is 22.5. The maximum absolute atomic E-state index is 14.3. The van der Waals surface area contributed by atoms with E-state index in [1.54, 1.807) is 17.7 Å². The lowest BCUT2D eigenvalue weighted by Gasteiger charge is -2.36. The normalized spacial score (nSPS) is 18.4. The van der Waals surface area contributed by atoms with Gasteiger partial charge in [0.1, 0.15) is 10.4 Å². The maximum Gasteiger partial charge on any atom is 0.259 e. The predicted molar refractivity (Wildman–Crippen MR) is 147 cm³/mol. The lowest BCUT2D eigenvalue weighted by atomic mass is 9.79. The van der Waals surface area contributed by atoms with Crippen molar-refractivity contribution in [3.63, 3.8) is 0 Å². The van der Waals surface area contributed by atoms with Crippen LogP contribution >= 0.6 is 0 Å². The van der Waals surface area contributed by atoms with Gasteiger partial charge in [-0.05, 0) is 37.2 Å². The summed E-state index contributed by atoms with van der Waals surface area (Å²) in [6.45, 7) is -2.59. The molecule has 0 amide bonds. The lowest BCUT2D eigenvalue weighted by Crippen LogP contribution is -2.30. The molecule has 0 unspecified atom stereocenters. The van der Waals surface area contributed by atoms with Gasteiger partial charge in [0.2, 0.25) is 5.92 Å². The first-order valence-corrected chi connectivity index (χ1v) is 14.7. The summed E-state index contributed by atoms with van der Waals surface area (Å²) in [6.07, 6.45) is 3.23. The van der Waals surface area contributed by atoms with Gasteiger partial charge in [0.25, 0.3) is 5.56 Å². The molecule has 1 saturated carbocycles. The minimum atomic E-state index is -3.90. The Kier molecular flexibility index (Phi) is 5.33. The number of aryl methyl sites for hydroxylation is 2. The quantitative estimate of drug-likeness (QED) is 0.325. The number of aromatic amines is 1. The molecule has 4 heterocycles. The average molecular weight is 570 g/mol. The van der Waals surface area contributed by atoms with E-state index in [-0.39, 0.29) is 64.3 Å². The molecule has 0 spiro atoms. The number of H-pyrrole nitrogens is 1. The molecular formula is C28H28F2N6O3S. The highest BCUT2D eigenvalue weighted by molar-refractivity contribution is 7.91. The topological polar surface area (TPSA) is 116 Å². The first-order chi connectivity index (χ1) is 20.2. The summed E-state index contributed by atoms with van der Waals surface area (Å²) in [5.74, 6) is -3.15. The number of alkyl halides is 2. The maximum atomic E-state index is 14.3. The number of hydrogen-bond acceptors (Lipinski definition) is 6. The molecule has 1 aliphatic carbocycles. The zero-order chi connectivity index (χ0) is 30.9. The van der Waals surface area contributed by atoms with E-state index in [1.807, 2.05) is 30.3 Å². The van der Waals surface area contributed by atoms with Crippen LogP contribution < -0.4 is 5.56 Å². The standard InChI is InChI=1S/C28H28F2N6O3S/c1-16-24(35(2)34-33-16)19-13-20-23(31-14-19)22-26(21(40(3,38)39)15-32-27(22)37)36(20)25(17-7-5-4-6-8-17)18-9-11-28(29,30)12-10-18/h4-8,13-15,18,25H,9-12H2,1-3H3,(H,32,37)/t25-/m1/s1/i1D3. The van der Waals surface area contributed by atoms with Crippen molar-refractivity contribution in [3.05, 3.63) is 70.4 Å². The van der Waals surface area contributed by atoms with Crippen LogP contribution in [0.15, 0.2) is 58.5 Å². The Morgan fingerprint density at radius 1 is 1.20 bits per heavy atom. The molecular weight excluding hydrogens is 538 g/mol.